The number of aryl methyl sites for hydroxylation is 1. The second kappa shape index (κ2) is 4.00. The molecule has 0 saturated heterocycles. The van der Waals surface area contributed by atoms with Gasteiger partial charge in [-0.25, -0.2) is 0 Å². The van der Waals surface area contributed by atoms with E-state index in [1.54, 1.807) is 13.3 Å². The maximum Gasteiger partial charge on any atom is 0.124 e. The van der Waals surface area contributed by atoms with E-state index in [1.165, 1.54) is 0 Å². The molecule has 0 saturated carbocycles. The molecule has 1 aromatic rings. The minimum absolute atomic E-state index is 0.190. The van der Waals surface area contributed by atoms with Gasteiger partial charge in [-0.15, -0.1) is 0 Å². The first-order valence-corrected chi connectivity index (χ1v) is 4.77. The number of aromatic nitrogens is 2. The SMILES string of the molecule is COC(C)(C)C(C)Nc1ccnn1C. The van der Waals surface area contributed by atoms with Crippen molar-refractivity contribution < 1.29 is 4.74 Å². The molecule has 4 nitrogen and oxygen atoms in total. The zero-order chi connectivity index (χ0) is 10.8. The fourth-order valence-electron chi connectivity index (χ4n) is 1.09. The Morgan fingerprint density at radius 1 is 1.57 bits per heavy atom. The fraction of sp³-hybridized carbons (Fsp3) is 0.700. The van der Waals surface area contributed by atoms with E-state index in [9.17, 15) is 0 Å². The molecule has 80 valence electrons. The van der Waals surface area contributed by atoms with Gasteiger partial charge in [-0.2, -0.15) is 5.10 Å². The van der Waals surface area contributed by atoms with Crippen LogP contribution in [0, 0.1) is 0 Å². The maximum atomic E-state index is 5.40. The van der Waals surface area contributed by atoms with Crippen molar-refractivity contribution in [1.82, 2.24) is 9.78 Å². The highest BCUT2D eigenvalue weighted by Gasteiger charge is 2.25. The summed E-state index contributed by atoms with van der Waals surface area (Å²) in [5, 5.41) is 7.45. The molecule has 1 N–H and O–H groups in total. The van der Waals surface area contributed by atoms with Crippen molar-refractivity contribution in [2.75, 3.05) is 12.4 Å². The Kier molecular flexibility index (Phi) is 3.16. The Bertz CT molecular complexity index is 293. The predicted octanol–water partition coefficient (Wildman–Crippen LogP) is 1.65. The second-order valence-corrected chi connectivity index (χ2v) is 4.01. The Hall–Kier alpha value is -1.03. The summed E-state index contributed by atoms with van der Waals surface area (Å²) >= 11 is 0. The van der Waals surface area contributed by atoms with Crippen molar-refractivity contribution in [3.63, 3.8) is 0 Å². The van der Waals surface area contributed by atoms with E-state index in [0.717, 1.165) is 5.82 Å². The van der Waals surface area contributed by atoms with Gasteiger partial charge in [-0.3, -0.25) is 4.68 Å². The maximum absolute atomic E-state index is 5.40. The average Bonchev–Trinajstić information content (AvgIpc) is 2.52. The Morgan fingerprint density at radius 3 is 2.64 bits per heavy atom. The van der Waals surface area contributed by atoms with Crippen molar-refractivity contribution in [3.8, 4) is 0 Å². The van der Waals surface area contributed by atoms with Crippen LogP contribution in [0.3, 0.4) is 0 Å². The molecule has 0 aliphatic carbocycles. The van der Waals surface area contributed by atoms with Gasteiger partial charge in [-0.1, -0.05) is 0 Å². The standard InChI is InChI=1S/C10H19N3O/c1-8(10(2,3)14-5)12-9-6-7-11-13(9)4/h6-8,12H,1-5H3. The van der Waals surface area contributed by atoms with E-state index in [1.807, 2.05) is 17.8 Å². The molecule has 14 heavy (non-hydrogen) atoms. The molecule has 1 unspecified atom stereocenters. The van der Waals surface area contributed by atoms with Crippen molar-refractivity contribution in [3.05, 3.63) is 12.3 Å². The first-order valence-electron chi connectivity index (χ1n) is 4.77. The Morgan fingerprint density at radius 2 is 2.21 bits per heavy atom. The highest BCUT2D eigenvalue weighted by atomic mass is 16.5. The normalized spacial score (nSPS) is 14.1. The van der Waals surface area contributed by atoms with Gasteiger partial charge in [0.2, 0.25) is 0 Å². The molecule has 1 atom stereocenters. The minimum Gasteiger partial charge on any atom is -0.377 e. The number of ether oxygens (including phenoxy) is 1. The summed E-state index contributed by atoms with van der Waals surface area (Å²) in [6.45, 7) is 6.21. The van der Waals surface area contributed by atoms with E-state index < -0.39 is 0 Å². The van der Waals surface area contributed by atoms with Gasteiger partial charge in [0.1, 0.15) is 5.82 Å². The van der Waals surface area contributed by atoms with Crippen LogP contribution in [0.1, 0.15) is 20.8 Å². The van der Waals surface area contributed by atoms with Crippen LogP contribution in [-0.2, 0) is 11.8 Å². The zero-order valence-corrected chi connectivity index (χ0v) is 9.53. The molecule has 0 radical (unpaired) electrons. The molecule has 0 bridgehead atoms. The zero-order valence-electron chi connectivity index (χ0n) is 9.53. The lowest BCUT2D eigenvalue weighted by atomic mass is 10.0. The van der Waals surface area contributed by atoms with Crippen LogP contribution >= 0.6 is 0 Å². The summed E-state index contributed by atoms with van der Waals surface area (Å²) < 4.78 is 7.20. The molecule has 1 rings (SSSR count). The van der Waals surface area contributed by atoms with E-state index in [-0.39, 0.29) is 11.6 Å². The van der Waals surface area contributed by atoms with Gasteiger partial charge in [-0.05, 0) is 20.8 Å². The topological polar surface area (TPSA) is 39.1 Å². The number of rotatable bonds is 4. The van der Waals surface area contributed by atoms with Crippen LogP contribution in [-0.4, -0.2) is 28.5 Å². The van der Waals surface area contributed by atoms with Crippen molar-refractivity contribution >= 4 is 5.82 Å². The molecular weight excluding hydrogens is 178 g/mol. The van der Waals surface area contributed by atoms with Crippen LogP contribution in [0.2, 0.25) is 0 Å². The first-order chi connectivity index (χ1) is 6.47. The van der Waals surface area contributed by atoms with Gasteiger partial charge in [0.15, 0.2) is 0 Å². The molecule has 4 heteroatoms. The third-order valence-electron chi connectivity index (χ3n) is 2.75. The predicted molar refractivity (Wildman–Crippen MR) is 57.4 cm³/mol. The number of nitrogens with zero attached hydrogens (tertiary/aromatic N) is 2. The number of methoxy groups -OCH3 is 1. The summed E-state index contributed by atoms with van der Waals surface area (Å²) in [5.41, 5.74) is -0.190. The van der Waals surface area contributed by atoms with Crippen LogP contribution in [0.4, 0.5) is 5.82 Å². The lowest BCUT2D eigenvalue weighted by molar-refractivity contribution is 0.0106. The van der Waals surface area contributed by atoms with Crippen molar-refractivity contribution in [2.24, 2.45) is 7.05 Å². The highest BCUT2D eigenvalue weighted by molar-refractivity contribution is 5.35. The quantitative estimate of drug-likeness (QED) is 0.797. The van der Waals surface area contributed by atoms with Crippen LogP contribution < -0.4 is 5.32 Å². The van der Waals surface area contributed by atoms with Crippen molar-refractivity contribution in [1.29, 1.82) is 0 Å². The Labute approximate surface area is 85.3 Å². The number of hydrogen-bond acceptors (Lipinski definition) is 3. The van der Waals surface area contributed by atoms with Crippen LogP contribution in [0.5, 0.6) is 0 Å². The van der Waals surface area contributed by atoms with E-state index in [2.05, 4.69) is 31.2 Å². The number of anilines is 1. The molecule has 0 spiro atoms. The largest absolute Gasteiger partial charge is 0.377 e. The summed E-state index contributed by atoms with van der Waals surface area (Å²) in [7, 11) is 3.64. The summed E-state index contributed by atoms with van der Waals surface area (Å²) in [4.78, 5) is 0. The summed E-state index contributed by atoms with van der Waals surface area (Å²) in [6, 6.07) is 2.17. The van der Waals surface area contributed by atoms with E-state index in [0.29, 0.717) is 0 Å². The van der Waals surface area contributed by atoms with Gasteiger partial charge in [0.05, 0.1) is 17.8 Å². The van der Waals surface area contributed by atoms with Gasteiger partial charge >= 0.3 is 0 Å². The fourth-order valence-corrected chi connectivity index (χ4v) is 1.09. The molecule has 1 aromatic heterocycles. The van der Waals surface area contributed by atoms with E-state index >= 15 is 0 Å². The third kappa shape index (κ3) is 2.26. The summed E-state index contributed by atoms with van der Waals surface area (Å²) in [5.74, 6) is 1.00. The molecule has 0 aromatic carbocycles. The number of nitrogens with one attached hydrogen (secondary N) is 1. The van der Waals surface area contributed by atoms with Crippen molar-refractivity contribution in [2.45, 2.75) is 32.4 Å². The highest BCUT2D eigenvalue weighted by Crippen LogP contribution is 2.17. The Balaban J connectivity index is 2.66. The minimum atomic E-state index is -0.190. The molecule has 0 aliphatic heterocycles. The summed E-state index contributed by atoms with van der Waals surface area (Å²) in [6.07, 6.45) is 1.77. The van der Waals surface area contributed by atoms with Gasteiger partial charge in [0, 0.05) is 20.2 Å². The van der Waals surface area contributed by atoms with Crippen LogP contribution in [0.15, 0.2) is 12.3 Å². The third-order valence-corrected chi connectivity index (χ3v) is 2.75. The van der Waals surface area contributed by atoms with Gasteiger partial charge in [0.25, 0.3) is 0 Å². The molecule has 0 aliphatic rings. The smallest absolute Gasteiger partial charge is 0.124 e. The van der Waals surface area contributed by atoms with E-state index in [4.69, 9.17) is 4.74 Å². The molecular formula is C10H19N3O. The lowest BCUT2D eigenvalue weighted by Gasteiger charge is -2.31. The van der Waals surface area contributed by atoms with Gasteiger partial charge < -0.3 is 10.1 Å². The molecule has 0 amide bonds. The second-order valence-electron chi connectivity index (χ2n) is 4.01. The van der Waals surface area contributed by atoms with Crippen LogP contribution in [0.25, 0.3) is 0 Å². The first kappa shape index (κ1) is 11.0. The molecule has 0 fully saturated rings. The average molecular weight is 197 g/mol. The lowest BCUT2D eigenvalue weighted by Crippen LogP contribution is -2.41. The monoisotopic (exact) mass is 197 g/mol. The molecule has 1 heterocycles. The number of hydrogen-bond donors (Lipinski definition) is 1.